The fourth-order valence-electron chi connectivity index (χ4n) is 6.85. The van der Waals surface area contributed by atoms with Crippen LogP contribution in [0.5, 0.6) is 0 Å². The van der Waals surface area contributed by atoms with Gasteiger partial charge in [-0.15, -0.1) is 0 Å². The number of hydrogen-bond acceptors (Lipinski definition) is 6. The van der Waals surface area contributed by atoms with E-state index in [4.69, 9.17) is 9.05 Å². The molecule has 3 unspecified atom stereocenters. The van der Waals surface area contributed by atoms with E-state index in [1.165, 1.54) is 109 Å². The van der Waals surface area contributed by atoms with Gasteiger partial charge >= 0.3 is 0 Å². The van der Waals surface area contributed by atoms with Crippen molar-refractivity contribution in [3.63, 3.8) is 0 Å². The highest BCUT2D eigenvalue weighted by Crippen LogP contribution is 2.38. The summed E-state index contributed by atoms with van der Waals surface area (Å²) in [6.45, 7) is 4.52. The van der Waals surface area contributed by atoms with Crippen LogP contribution < -0.4 is 10.2 Å². The number of phosphoric acid groups is 1. The molecule has 0 aliphatic heterocycles. The molecular formula is C51H95N2O6P. The minimum absolute atomic E-state index is 0.00845. The Kier molecular flexibility index (Phi) is 41.2. The van der Waals surface area contributed by atoms with E-state index in [1.54, 1.807) is 6.08 Å². The van der Waals surface area contributed by atoms with Crippen LogP contribution in [0.4, 0.5) is 0 Å². The Labute approximate surface area is 371 Å². The average Bonchev–Trinajstić information content (AvgIpc) is 3.20. The van der Waals surface area contributed by atoms with Gasteiger partial charge in [-0.25, -0.2) is 0 Å². The zero-order valence-electron chi connectivity index (χ0n) is 39.6. The van der Waals surface area contributed by atoms with Gasteiger partial charge in [0.1, 0.15) is 13.2 Å². The summed E-state index contributed by atoms with van der Waals surface area (Å²) in [4.78, 5) is 25.4. The zero-order valence-corrected chi connectivity index (χ0v) is 40.5. The van der Waals surface area contributed by atoms with Crippen molar-refractivity contribution in [3.8, 4) is 0 Å². The lowest BCUT2D eigenvalue weighted by atomic mass is 10.0. The van der Waals surface area contributed by atoms with Crippen molar-refractivity contribution in [2.24, 2.45) is 0 Å². The monoisotopic (exact) mass is 863 g/mol. The molecule has 0 saturated heterocycles. The van der Waals surface area contributed by atoms with E-state index in [0.717, 1.165) is 77.0 Å². The number of nitrogens with zero attached hydrogens (tertiary/aromatic N) is 1. The molecule has 0 aromatic heterocycles. The highest BCUT2D eigenvalue weighted by molar-refractivity contribution is 7.45. The first-order chi connectivity index (χ1) is 29.0. The van der Waals surface area contributed by atoms with E-state index >= 15 is 0 Å². The number of rotatable bonds is 44. The van der Waals surface area contributed by atoms with Gasteiger partial charge in [0.05, 0.1) is 39.9 Å². The van der Waals surface area contributed by atoms with Crippen molar-refractivity contribution in [3.05, 3.63) is 60.8 Å². The van der Waals surface area contributed by atoms with Gasteiger partial charge in [0, 0.05) is 6.42 Å². The molecule has 0 fully saturated rings. The first kappa shape index (κ1) is 58.2. The third-order valence-electron chi connectivity index (χ3n) is 10.7. The minimum atomic E-state index is -4.60. The van der Waals surface area contributed by atoms with Crippen molar-refractivity contribution in [1.82, 2.24) is 5.32 Å². The van der Waals surface area contributed by atoms with E-state index < -0.39 is 26.6 Å². The fourth-order valence-corrected chi connectivity index (χ4v) is 7.57. The number of allylic oxidation sites excluding steroid dienone is 9. The van der Waals surface area contributed by atoms with Gasteiger partial charge in [-0.1, -0.05) is 203 Å². The zero-order chi connectivity index (χ0) is 44.3. The molecule has 9 heteroatoms. The fraction of sp³-hybridized carbons (Fsp3) is 0.784. The number of carbonyl (C=O) groups is 1. The Balaban J connectivity index is 4.39. The molecule has 1 amide bonds. The SMILES string of the molecule is CC/C=C\C/C=C\C/C=C\C/C=C\CCCCCCC(=O)NC(COP(=O)([O-])OCC[N+](C)(C)C)C(O)/C=C/CCCCCCCCCCCCCCCCCCCCC. The predicted molar refractivity (Wildman–Crippen MR) is 256 cm³/mol. The smallest absolute Gasteiger partial charge is 0.268 e. The van der Waals surface area contributed by atoms with Crippen LogP contribution in [0.1, 0.15) is 206 Å². The summed E-state index contributed by atoms with van der Waals surface area (Å²) in [5, 5.41) is 13.8. The van der Waals surface area contributed by atoms with Crippen molar-refractivity contribution < 1.29 is 32.9 Å². The summed E-state index contributed by atoms with van der Waals surface area (Å²) in [6, 6.07) is -0.902. The highest BCUT2D eigenvalue weighted by Gasteiger charge is 2.23. The Morgan fingerprint density at radius 1 is 0.600 bits per heavy atom. The Hall–Kier alpha value is -1.80. The molecule has 8 nitrogen and oxygen atoms in total. The van der Waals surface area contributed by atoms with Gasteiger partial charge < -0.3 is 28.8 Å². The number of carbonyl (C=O) groups excluding carboxylic acids is 1. The number of likely N-dealkylation sites (N-methyl/N-ethyl adjacent to an activating group) is 1. The molecule has 60 heavy (non-hydrogen) atoms. The van der Waals surface area contributed by atoms with Crippen molar-refractivity contribution in [1.29, 1.82) is 0 Å². The molecule has 0 aliphatic carbocycles. The van der Waals surface area contributed by atoms with E-state index in [2.05, 4.69) is 67.8 Å². The van der Waals surface area contributed by atoms with Crippen LogP contribution in [-0.2, 0) is 18.4 Å². The van der Waals surface area contributed by atoms with Crippen LogP contribution in [0, 0.1) is 0 Å². The third-order valence-corrected chi connectivity index (χ3v) is 11.7. The van der Waals surface area contributed by atoms with Gasteiger partial charge in [-0.05, 0) is 57.8 Å². The number of aliphatic hydroxyl groups excluding tert-OH is 1. The maximum Gasteiger partial charge on any atom is 0.268 e. The quantitative estimate of drug-likeness (QED) is 0.0273. The second kappa shape index (κ2) is 42.5. The number of amides is 1. The predicted octanol–water partition coefficient (Wildman–Crippen LogP) is 13.6. The summed E-state index contributed by atoms with van der Waals surface area (Å²) in [5.41, 5.74) is 0. The van der Waals surface area contributed by atoms with Gasteiger partial charge in [-0.3, -0.25) is 9.36 Å². The van der Waals surface area contributed by atoms with E-state index in [1.807, 2.05) is 27.2 Å². The lowest BCUT2D eigenvalue weighted by molar-refractivity contribution is -0.870. The number of unbranched alkanes of at least 4 members (excludes halogenated alkanes) is 23. The topological polar surface area (TPSA) is 108 Å². The van der Waals surface area contributed by atoms with Crippen LogP contribution in [0.15, 0.2) is 60.8 Å². The van der Waals surface area contributed by atoms with E-state index in [9.17, 15) is 19.4 Å². The number of phosphoric ester groups is 1. The van der Waals surface area contributed by atoms with Crippen molar-refractivity contribution in [2.45, 2.75) is 219 Å². The van der Waals surface area contributed by atoms with Gasteiger partial charge in [0.2, 0.25) is 5.91 Å². The van der Waals surface area contributed by atoms with Crippen molar-refractivity contribution >= 4 is 13.7 Å². The Morgan fingerprint density at radius 2 is 1.02 bits per heavy atom. The van der Waals surface area contributed by atoms with E-state index in [0.29, 0.717) is 17.4 Å². The lowest BCUT2D eigenvalue weighted by Crippen LogP contribution is -2.45. The molecule has 0 aromatic carbocycles. The largest absolute Gasteiger partial charge is 0.756 e. The summed E-state index contributed by atoms with van der Waals surface area (Å²) in [6.07, 6.45) is 55.6. The molecule has 0 bridgehead atoms. The third kappa shape index (κ3) is 44.3. The molecule has 0 spiro atoms. The molecular weight excluding hydrogens is 768 g/mol. The molecule has 0 rings (SSSR count). The Bertz CT molecular complexity index is 1160. The van der Waals surface area contributed by atoms with Gasteiger partial charge in [-0.2, -0.15) is 0 Å². The second-order valence-electron chi connectivity index (χ2n) is 17.8. The molecule has 0 aromatic rings. The molecule has 0 aliphatic rings. The molecule has 0 heterocycles. The number of hydrogen-bond donors (Lipinski definition) is 2. The Morgan fingerprint density at radius 3 is 1.48 bits per heavy atom. The normalized spacial score (nSPS) is 14.7. The van der Waals surface area contributed by atoms with Crippen LogP contribution in [-0.4, -0.2) is 68.5 Å². The molecule has 0 saturated carbocycles. The minimum Gasteiger partial charge on any atom is -0.756 e. The summed E-state index contributed by atoms with van der Waals surface area (Å²) < 4.78 is 23.2. The molecule has 350 valence electrons. The maximum absolute atomic E-state index is 12.9. The highest BCUT2D eigenvalue weighted by atomic mass is 31.2. The lowest BCUT2D eigenvalue weighted by Gasteiger charge is -2.29. The first-order valence-corrected chi connectivity index (χ1v) is 26.1. The number of nitrogens with one attached hydrogen (secondary N) is 1. The van der Waals surface area contributed by atoms with Gasteiger partial charge in [0.25, 0.3) is 7.82 Å². The average molecular weight is 863 g/mol. The standard InChI is InChI=1S/C51H95N2O6P/c1-6-8-10-12-14-16-18-20-22-24-25-26-27-29-30-32-34-36-38-40-42-44-50(54)49(48-59-60(56,57)58-47-46-53(3,4)5)52-51(55)45-43-41-39-37-35-33-31-28-23-21-19-17-15-13-11-9-7-2/h9,11,15,17,21,23,31,33,42,44,49-50,54H,6-8,10,12-14,16,18-20,22,24-30,32,34-41,43,45-48H2,1-5H3,(H-,52,55,56,57)/b11-9-,17-15-,23-21-,33-31-,44-42+. The molecule has 0 radical (unpaired) electrons. The number of quaternary nitrogens is 1. The van der Waals surface area contributed by atoms with Crippen LogP contribution in [0.2, 0.25) is 0 Å². The van der Waals surface area contributed by atoms with E-state index in [-0.39, 0.29) is 12.5 Å². The van der Waals surface area contributed by atoms with Crippen molar-refractivity contribution in [2.75, 3.05) is 40.9 Å². The summed E-state index contributed by atoms with van der Waals surface area (Å²) >= 11 is 0. The van der Waals surface area contributed by atoms with Gasteiger partial charge in [0.15, 0.2) is 0 Å². The molecule has 2 N–H and O–H groups in total. The maximum atomic E-state index is 12.9. The second-order valence-corrected chi connectivity index (χ2v) is 19.2. The summed E-state index contributed by atoms with van der Waals surface area (Å²) in [5.74, 6) is -0.222. The van der Waals surface area contributed by atoms with Crippen LogP contribution in [0.3, 0.4) is 0 Å². The van der Waals surface area contributed by atoms with Crippen LogP contribution in [0.25, 0.3) is 0 Å². The first-order valence-electron chi connectivity index (χ1n) is 24.7. The number of aliphatic hydroxyl groups is 1. The molecule has 3 atom stereocenters. The van der Waals surface area contributed by atoms with Crippen LogP contribution >= 0.6 is 7.82 Å². The summed E-state index contributed by atoms with van der Waals surface area (Å²) in [7, 11) is 1.24.